The number of methoxy groups -OCH3 is 1. The van der Waals surface area contributed by atoms with Gasteiger partial charge in [-0.05, 0) is 36.5 Å². The van der Waals surface area contributed by atoms with Crippen LogP contribution in [0.15, 0.2) is 30.4 Å². The third-order valence-electron chi connectivity index (χ3n) is 4.47. The van der Waals surface area contributed by atoms with Gasteiger partial charge in [-0.1, -0.05) is 23.8 Å². The molecular formula is C16H16ClNO4. The molecule has 2 aliphatic carbocycles. The summed E-state index contributed by atoms with van der Waals surface area (Å²) in [4.78, 5) is 24.1. The van der Waals surface area contributed by atoms with E-state index in [1.54, 1.807) is 18.2 Å². The number of rotatable bonds is 4. The molecule has 0 heterocycles. The minimum atomic E-state index is -0.921. The van der Waals surface area contributed by atoms with Crippen molar-refractivity contribution in [2.75, 3.05) is 12.4 Å². The highest BCUT2D eigenvalue weighted by Gasteiger charge is 2.51. The van der Waals surface area contributed by atoms with Crippen molar-refractivity contribution in [1.29, 1.82) is 0 Å². The largest absolute Gasteiger partial charge is 0.495 e. The van der Waals surface area contributed by atoms with Crippen molar-refractivity contribution in [1.82, 2.24) is 0 Å². The van der Waals surface area contributed by atoms with E-state index in [0.29, 0.717) is 16.5 Å². The van der Waals surface area contributed by atoms with Crippen molar-refractivity contribution >= 4 is 29.2 Å². The Morgan fingerprint density at radius 3 is 2.59 bits per heavy atom. The summed E-state index contributed by atoms with van der Waals surface area (Å²) in [7, 11) is 1.50. The number of benzene rings is 1. The lowest BCUT2D eigenvalue weighted by molar-refractivity contribution is -0.146. The van der Waals surface area contributed by atoms with Crippen molar-refractivity contribution in [3.63, 3.8) is 0 Å². The van der Waals surface area contributed by atoms with Gasteiger partial charge < -0.3 is 15.2 Å². The standard InChI is InChI=1S/C16H16ClNO4/c1-22-12-5-4-10(17)7-11(12)18-15(19)13-8-2-3-9(6-8)14(13)16(20)21/h2-5,7-9,13-14H,6H2,1H3,(H,18,19)(H,20,21)/t8-,9-,13+,14-/m0/s1. The fourth-order valence-electron chi connectivity index (χ4n) is 3.51. The summed E-state index contributed by atoms with van der Waals surface area (Å²) >= 11 is 5.95. The van der Waals surface area contributed by atoms with Crippen molar-refractivity contribution in [2.24, 2.45) is 23.7 Å². The molecule has 2 N–H and O–H groups in total. The monoisotopic (exact) mass is 321 g/mol. The molecule has 1 saturated carbocycles. The maximum absolute atomic E-state index is 12.6. The summed E-state index contributed by atoms with van der Waals surface area (Å²) in [6.07, 6.45) is 4.58. The Morgan fingerprint density at radius 2 is 1.95 bits per heavy atom. The van der Waals surface area contributed by atoms with E-state index >= 15 is 0 Å². The zero-order chi connectivity index (χ0) is 15.9. The number of allylic oxidation sites excluding steroid dienone is 2. The lowest BCUT2D eigenvalue weighted by Crippen LogP contribution is -2.36. The molecule has 3 rings (SSSR count). The molecule has 2 aliphatic rings. The molecule has 1 amide bonds. The van der Waals surface area contributed by atoms with E-state index in [0.717, 1.165) is 6.42 Å². The van der Waals surface area contributed by atoms with Gasteiger partial charge in [-0.2, -0.15) is 0 Å². The van der Waals surface area contributed by atoms with Crippen LogP contribution in [0.3, 0.4) is 0 Å². The minimum Gasteiger partial charge on any atom is -0.495 e. The Labute approximate surface area is 132 Å². The van der Waals surface area contributed by atoms with Gasteiger partial charge in [0.15, 0.2) is 0 Å². The van der Waals surface area contributed by atoms with Crippen LogP contribution in [0.2, 0.25) is 5.02 Å². The van der Waals surface area contributed by atoms with Crippen LogP contribution in [0.1, 0.15) is 6.42 Å². The second-order valence-electron chi connectivity index (χ2n) is 5.67. The number of ether oxygens (including phenoxy) is 1. The van der Waals surface area contributed by atoms with Crippen LogP contribution in [0, 0.1) is 23.7 Å². The maximum atomic E-state index is 12.6. The number of amides is 1. The number of carboxylic acid groups (broad SMARTS) is 1. The summed E-state index contributed by atoms with van der Waals surface area (Å²) in [5, 5.41) is 12.6. The topological polar surface area (TPSA) is 75.6 Å². The summed E-state index contributed by atoms with van der Waals surface area (Å²) in [5.74, 6) is -2.03. The van der Waals surface area contributed by atoms with Gasteiger partial charge >= 0.3 is 5.97 Å². The van der Waals surface area contributed by atoms with Gasteiger partial charge in [-0.15, -0.1) is 0 Å². The number of anilines is 1. The summed E-state index contributed by atoms with van der Waals surface area (Å²) < 4.78 is 5.20. The first-order valence-corrected chi connectivity index (χ1v) is 7.44. The smallest absolute Gasteiger partial charge is 0.307 e. The molecule has 5 nitrogen and oxygen atoms in total. The van der Waals surface area contributed by atoms with Crippen LogP contribution >= 0.6 is 11.6 Å². The molecule has 6 heteroatoms. The first-order valence-electron chi connectivity index (χ1n) is 7.07. The van der Waals surface area contributed by atoms with E-state index in [4.69, 9.17) is 16.3 Å². The minimum absolute atomic E-state index is 0.0173. The lowest BCUT2D eigenvalue weighted by atomic mass is 9.82. The van der Waals surface area contributed by atoms with E-state index in [-0.39, 0.29) is 17.7 Å². The molecule has 0 radical (unpaired) electrons. The average molecular weight is 322 g/mol. The second-order valence-corrected chi connectivity index (χ2v) is 6.11. The number of hydrogen-bond donors (Lipinski definition) is 2. The summed E-state index contributed by atoms with van der Waals surface area (Å²) in [6, 6.07) is 4.92. The van der Waals surface area contributed by atoms with Gasteiger partial charge in [0.05, 0.1) is 24.6 Å². The fraction of sp³-hybridized carbons (Fsp3) is 0.375. The number of nitrogens with one attached hydrogen (secondary N) is 1. The maximum Gasteiger partial charge on any atom is 0.307 e. The molecule has 22 heavy (non-hydrogen) atoms. The zero-order valence-corrected chi connectivity index (χ0v) is 12.7. The number of hydrogen-bond acceptors (Lipinski definition) is 3. The summed E-state index contributed by atoms with van der Waals surface area (Å²) in [5.41, 5.74) is 0.455. The van der Waals surface area contributed by atoms with Crippen LogP contribution in [0.4, 0.5) is 5.69 Å². The van der Waals surface area contributed by atoms with E-state index < -0.39 is 17.8 Å². The van der Waals surface area contributed by atoms with E-state index in [1.807, 2.05) is 12.2 Å². The number of carbonyl (C=O) groups excluding carboxylic acids is 1. The molecule has 116 valence electrons. The molecule has 0 spiro atoms. The van der Waals surface area contributed by atoms with Gasteiger partial charge in [0.25, 0.3) is 0 Å². The van der Waals surface area contributed by atoms with Crippen LogP contribution in [-0.4, -0.2) is 24.1 Å². The van der Waals surface area contributed by atoms with Crippen molar-refractivity contribution in [3.8, 4) is 5.75 Å². The number of aliphatic carboxylic acids is 1. The number of fused-ring (bicyclic) bond motifs is 2. The highest BCUT2D eigenvalue weighted by Crippen LogP contribution is 2.48. The Kier molecular flexibility index (Phi) is 3.83. The molecule has 1 aromatic rings. The van der Waals surface area contributed by atoms with Crippen LogP contribution in [0.5, 0.6) is 5.75 Å². The normalized spacial score (nSPS) is 28.6. The molecule has 1 aromatic carbocycles. The second kappa shape index (κ2) is 5.65. The van der Waals surface area contributed by atoms with Crippen LogP contribution in [0.25, 0.3) is 0 Å². The zero-order valence-electron chi connectivity index (χ0n) is 12.0. The van der Waals surface area contributed by atoms with Crippen molar-refractivity contribution < 1.29 is 19.4 Å². The van der Waals surface area contributed by atoms with Crippen LogP contribution < -0.4 is 10.1 Å². The van der Waals surface area contributed by atoms with Crippen molar-refractivity contribution in [3.05, 3.63) is 35.4 Å². The molecule has 0 aromatic heterocycles. The third-order valence-corrected chi connectivity index (χ3v) is 4.70. The first kappa shape index (κ1) is 14.9. The van der Waals surface area contributed by atoms with Gasteiger partial charge in [0.1, 0.15) is 5.75 Å². The molecular weight excluding hydrogens is 306 g/mol. The van der Waals surface area contributed by atoms with Crippen molar-refractivity contribution in [2.45, 2.75) is 6.42 Å². The Balaban J connectivity index is 1.84. The fourth-order valence-corrected chi connectivity index (χ4v) is 3.68. The van der Waals surface area contributed by atoms with Crippen LogP contribution in [-0.2, 0) is 9.59 Å². The summed E-state index contributed by atoms with van der Waals surface area (Å²) in [6.45, 7) is 0. The highest BCUT2D eigenvalue weighted by atomic mass is 35.5. The Bertz CT molecular complexity index is 658. The molecule has 2 bridgehead atoms. The Morgan fingerprint density at radius 1 is 1.27 bits per heavy atom. The molecule has 1 fully saturated rings. The van der Waals surface area contributed by atoms with Gasteiger partial charge in [0.2, 0.25) is 5.91 Å². The molecule has 0 aliphatic heterocycles. The molecule has 0 saturated heterocycles. The lowest BCUT2D eigenvalue weighted by Gasteiger charge is -2.24. The van der Waals surface area contributed by atoms with Gasteiger partial charge in [-0.3, -0.25) is 9.59 Å². The highest BCUT2D eigenvalue weighted by molar-refractivity contribution is 6.31. The quantitative estimate of drug-likeness (QED) is 0.836. The number of halogens is 1. The molecule has 4 atom stereocenters. The molecule has 0 unspecified atom stereocenters. The average Bonchev–Trinajstić information content (AvgIpc) is 3.08. The van der Waals surface area contributed by atoms with Gasteiger partial charge in [0, 0.05) is 5.02 Å². The first-order chi connectivity index (χ1) is 10.5. The van der Waals surface area contributed by atoms with E-state index in [9.17, 15) is 14.7 Å². The van der Waals surface area contributed by atoms with Gasteiger partial charge in [-0.25, -0.2) is 0 Å². The predicted octanol–water partition coefficient (Wildman–Crippen LogP) is 2.81. The SMILES string of the molecule is COc1ccc(Cl)cc1NC(=O)[C@H]1[C@@H](C(=O)O)[C@H]2C=C[C@H]1C2. The Hall–Kier alpha value is -2.01. The van der Waals surface area contributed by atoms with E-state index in [2.05, 4.69) is 5.32 Å². The third kappa shape index (κ3) is 2.46. The number of carboxylic acids is 1. The van der Waals surface area contributed by atoms with E-state index in [1.165, 1.54) is 7.11 Å². The number of carbonyl (C=O) groups is 2. The predicted molar refractivity (Wildman–Crippen MR) is 82.0 cm³/mol.